The van der Waals surface area contributed by atoms with Crippen molar-refractivity contribution in [3.05, 3.63) is 39.8 Å². The summed E-state index contributed by atoms with van der Waals surface area (Å²) in [7, 11) is 0. The average molecular weight is 425 g/mol. The molecular formula is C23H28N4O2S. The van der Waals surface area contributed by atoms with Crippen molar-refractivity contribution >= 4 is 29.0 Å². The molecule has 0 unspecified atom stereocenters. The lowest BCUT2D eigenvalue weighted by atomic mass is 9.94. The van der Waals surface area contributed by atoms with Crippen molar-refractivity contribution in [2.45, 2.75) is 51.5 Å². The monoisotopic (exact) mass is 424 g/mol. The van der Waals surface area contributed by atoms with Gasteiger partial charge in [-0.05, 0) is 37.5 Å². The van der Waals surface area contributed by atoms with E-state index >= 15 is 0 Å². The number of nitrogens with two attached hydrogens (primary N) is 1. The maximum atomic E-state index is 13.3. The molecule has 0 bridgehead atoms. The van der Waals surface area contributed by atoms with Gasteiger partial charge in [-0.2, -0.15) is 0 Å². The van der Waals surface area contributed by atoms with Crippen LogP contribution in [0.1, 0.15) is 59.3 Å². The van der Waals surface area contributed by atoms with Crippen LogP contribution in [0.15, 0.2) is 24.4 Å². The number of hydrogen-bond donors (Lipinski definition) is 2. The van der Waals surface area contributed by atoms with E-state index < -0.39 is 0 Å². The first-order valence-corrected chi connectivity index (χ1v) is 11.5. The van der Waals surface area contributed by atoms with Crippen molar-refractivity contribution in [3.8, 4) is 17.0 Å². The molecule has 4 rings (SSSR count). The summed E-state index contributed by atoms with van der Waals surface area (Å²) < 4.78 is 5.96. The minimum atomic E-state index is 0.0544. The van der Waals surface area contributed by atoms with Crippen LogP contribution in [0.4, 0.5) is 0 Å². The van der Waals surface area contributed by atoms with E-state index in [0.717, 1.165) is 46.7 Å². The normalized spacial score (nSPS) is 16.8. The first-order valence-electron chi connectivity index (χ1n) is 10.7. The summed E-state index contributed by atoms with van der Waals surface area (Å²) >= 11 is 1.50. The number of nitrogens with one attached hydrogen (secondary N) is 1. The van der Waals surface area contributed by atoms with Crippen molar-refractivity contribution in [2.75, 3.05) is 13.2 Å². The van der Waals surface area contributed by atoms with E-state index in [1.165, 1.54) is 43.0 Å². The Morgan fingerprint density at radius 2 is 2.17 bits per heavy atom. The minimum absolute atomic E-state index is 0.0544. The van der Waals surface area contributed by atoms with Crippen LogP contribution in [0.5, 0.6) is 5.75 Å². The summed E-state index contributed by atoms with van der Waals surface area (Å²) in [6.45, 7) is 3.31. The second kappa shape index (κ2) is 9.00. The third kappa shape index (κ3) is 3.86. The Morgan fingerprint density at radius 3 is 2.87 bits per heavy atom. The predicted molar refractivity (Wildman–Crippen MR) is 121 cm³/mol. The maximum absolute atomic E-state index is 13.3. The fourth-order valence-corrected chi connectivity index (χ4v) is 5.42. The fraction of sp³-hybridized carbons (Fsp3) is 0.435. The van der Waals surface area contributed by atoms with Gasteiger partial charge in [-0.1, -0.05) is 25.3 Å². The highest BCUT2D eigenvalue weighted by Gasteiger charge is 2.29. The SMILES string of the molecule is CCN(C(=O)c1nc2c(s1)CCOc1cc(/C(C=N)=C/N)ccc1-2)C1CCCCC1. The zero-order valence-electron chi connectivity index (χ0n) is 17.3. The summed E-state index contributed by atoms with van der Waals surface area (Å²) in [5, 5.41) is 8.10. The third-order valence-electron chi connectivity index (χ3n) is 5.99. The van der Waals surface area contributed by atoms with Gasteiger partial charge in [-0.3, -0.25) is 4.79 Å². The number of benzene rings is 1. The largest absolute Gasteiger partial charge is 0.492 e. The Labute approximate surface area is 181 Å². The fourth-order valence-electron chi connectivity index (χ4n) is 4.40. The van der Waals surface area contributed by atoms with Gasteiger partial charge in [0.2, 0.25) is 0 Å². The van der Waals surface area contributed by atoms with Gasteiger partial charge < -0.3 is 20.8 Å². The molecule has 6 nitrogen and oxygen atoms in total. The highest BCUT2D eigenvalue weighted by Crippen LogP contribution is 2.39. The molecule has 2 aliphatic rings. The standard InChI is InChI=1S/C23H28N4O2S/c1-2-27(17-6-4-3-5-7-17)23(28)22-26-21-18-9-8-15(16(13-24)14-25)12-19(18)29-11-10-20(21)30-22/h8-9,12-14,17,24H,2-7,10-11,25H2,1H3/b16-14+,24-13?. The number of carbonyl (C=O) groups excluding carboxylic acids is 1. The van der Waals surface area contributed by atoms with Crippen molar-refractivity contribution in [1.82, 2.24) is 9.88 Å². The molecule has 0 saturated heterocycles. The van der Waals surface area contributed by atoms with Gasteiger partial charge in [0.05, 0.1) is 12.3 Å². The first-order chi connectivity index (χ1) is 14.7. The van der Waals surface area contributed by atoms with E-state index in [-0.39, 0.29) is 5.91 Å². The molecule has 1 aromatic heterocycles. The number of amides is 1. The highest BCUT2D eigenvalue weighted by atomic mass is 32.1. The average Bonchev–Trinajstić information content (AvgIpc) is 3.12. The molecule has 1 aliphatic heterocycles. The lowest BCUT2D eigenvalue weighted by molar-refractivity contribution is 0.0647. The Hall–Kier alpha value is -2.67. The zero-order chi connectivity index (χ0) is 21.1. The molecule has 0 spiro atoms. The molecule has 1 amide bonds. The molecule has 1 aliphatic carbocycles. The van der Waals surface area contributed by atoms with Gasteiger partial charge >= 0.3 is 0 Å². The Bertz CT molecular complexity index is 976. The van der Waals surface area contributed by atoms with Crippen molar-refractivity contribution in [2.24, 2.45) is 5.73 Å². The summed E-state index contributed by atoms with van der Waals surface area (Å²) in [4.78, 5) is 21.2. The zero-order valence-corrected chi connectivity index (χ0v) is 18.1. The van der Waals surface area contributed by atoms with Crippen molar-refractivity contribution in [1.29, 1.82) is 5.41 Å². The lowest BCUT2D eigenvalue weighted by Gasteiger charge is -2.33. The van der Waals surface area contributed by atoms with Crippen LogP contribution >= 0.6 is 11.3 Å². The van der Waals surface area contributed by atoms with Crippen LogP contribution in [-0.2, 0) is 6.42 Å². The van der Waals surface area contributed by atoms with E-state index in [1.54, 1.807) is 0 Å². The Balaban J connectivity index is 1.67. The predicted octanol–water partition coefficient (Wildman–Crippen LogP) is 4.49. The third-order valence-corrected chi connectivity index (χ3v) is 7.09. The summed E-state index contributed by atoms with van der Waals surface area (Å²) in [5.74, 6) is 0.773. The number of thiazole rings is 1. The number of rotatable bonds is 5. The number of hydrogen-bond acceptors (Lipinski definition) is 6. The Morgan fingerprint density at radius 1 is 1.37 bits per heavy atom. The molecule has 2 heterocycles. The molecule has 158 valence electrons. The van der Waals surface area contributed by atoms with Crippen LogP contribution in [0, 0.1) is 5.41 Å². The van der Waals surface area contributed by atoms with Crippen LogP contribution in [0.3, 0.4) is 0 Å². The molecule has 1 aromatic carbocycles. The van der Waals surface area contributed by atoms with Crippen LogP contribution in [-0.4, -0.2) is 41.2 Å². The quantitative estimate of drug-likeness (QED) is 0.692. The number of nitrogens with zero attached hydrogens (tertiary/aromatic N) is 2. The first kappa shape index (κ1) is 20.6. The van der Waals surface area contributed by atoms with Crippen molar-refractivity contribution < 1.29 is 9.53 Å². The van der Waals surface area contributed by atoms with Crippen molar-refractivity contribution in [3.63, 3.8) is 0 Å². The van der Waals surface area contributed by atoms with Gasteiger partial charge in [-0.25, -0.2) is 4.98 Å². The smallest absolute Gasteiger partial charge is 0.283 e. The molecule has 1 fully saturated rings. The summed E-state index contributed by atoms with van der Waals surface area (Å²) in [6.07, 6.45) is 9.22. The molecule has 3 N–H and O–H groups in total. The number of carbonyl (C=O) groups is 1. The van der Waals surface area contributed by atoms with Crippen LogP contribution in [0.25, 0.3) is 16.8 Å². The number of fused-ring (bicyclic) bond motifs is 3. The minimum Gasteiger partial charge on any atom is -0.492 e. The highest BCUT2D eigenvalue weighted by molar-refractivity contribution is 7.14. The van der Waals surface area contributed by atoms with E-state index in [9.17, 15) is 4.79 Å². The molecule has 0 atom stereocenters. The van der Waals surface area contributed by atoms with E-state index in [1.807, 2.05) is 23.1 Å². The van der Waals surface area contributed by atoms with Gasteiger partial charge in [0.25, 0.3) is 5.91 Å². The molecule has 7 heteroatoms. The second-order valence-electron chi connectivity index (χ2n) is 7.75. The summed E-state index contributed by atoms with van der Waals surface area (Å²) in [5.41, 5.74) is 8.83. The van der Waals surface area contributed by atoms with Gasteiger partial charge in [-0.15, -0.1) is 11.3 Å². The number of allylic oxidation sites excluding steroid dienone is 1. The lowest BCUT2D eigenvalue weighted by Crippen LogP contribution is -2.41. The molecule has 2 aromatic rings. The summed E-state index contributed by atoms with van der Waals surface area (Å²) in [6, 6.07) is 6.10. The van der Waals surface area contributed by atoms with Crippen LogP contribution < -0.4 is 10.5 Å². The van der Waals surface area contributed by atoms with E-state index in [4.69, 9.17) is 20.9 Å². The second-order valence-corrected chi connectivity index (χ2v) is 8.83. The van der Waals surface area contributed by atoms with Gasteiger partial charge in [0.1, 0.15) is 5.75 Å². The van der Waals surface area contributed by atoms with Gasteiger partial charge in [0, 0.05) is 47.4 Å². The molecule has 1 saturated carbocycles. The van der Waals surface area contributed by atoms with E-state index in [0.29, 0.717) is 29.8 Å². The maximum Gasteiger partial charge on any atom is 0.283 e. The number of aromatic nitrogens is 1. The number of ether oxygens (including phenoxy) is 1. The van der Waals surface area contributed by atoms with Gasteiger partial charge in [0.15, 0.2) is 5.01 Å². The molecular weight excluding hydrogens is 396 g/mol. The molecule has 30 heavy (non-hydrogen) atoms. The van der Waals surface area contributed by atoms with E-state index in [2.05, 4.69) is 6.92 Å². The van der Waals surface area contributed by atoms with Crippen LogP contribution in [0.2, 0.25) is 0 Å². The Kier molecular flexibility index (Phi) is 6.18. The molecule has 0 radical (unpaired) electrons. The topological polar surface area (TPSA) is 92.3 Å².